The smallest absolute Gasteiger partial charge is 0.225 e. The van der Waals surface area contributed by atoms with Crippen molar-refractivity contribution in [3.8, 4) is 11.5 Å². The summed E-state index contributed by atoms with van der Waals surface area (Å²) in [7, 11) is 3.07. The standard InChI is InChI=1S/C17H15BrFNO3/c1-22-15-6-12-10(11-5-9(18)3-4-13(11)19)7-17(21)20-14(12)8-16(15)23-2/h3-6,8,10H,7H2,1-2H3,(H,20,21). The molecule has 1 aliphatic rings. The Kier molecular flexibility index (Phi) is 4.26. The second-order valence-corrected chi connectivity index (χ2v) is 6.18. The number of nitrogens with one attached hydrogen (secondary N) is 1. The maximum atomic E-state index is 14.3. The van der Waals surface area contributed by atoms with Gasteiger partial charge >= 0.3 is 0 Å². The highest BCUT2D eigenvalue weighted by Gasteiger charge is 2.30. The molecule has 1 N–H and O–H groups in total. The first kappa shape index (κ1) is 15.8. The van der Waals surface area contributed by atoms with Crippen LogP contribution in [0.1, 0.15) is 23.5 Å². The van der Waals surface area contributed by atoms with Crippen LogP contribution in [0.5, 0.6) is 11.5 Å². The third-order valence-corrected chi connectivity index (χ3v) is 4.42. The molecule has 1 aliphatic heterocycles. The fourth-order valence-corrected chi connectivity index (χ4v) is 3.23. The predicted octanol–water partition coefficient (Wildman–Crippen LogP) is 4.08. The van der Waals surface area contributed by atoms with Crippen molar-refractivity contribution < 1.29 is 18.7 Å². The van der Waals surface area contributed by atoms with Gasteiger partial charge in [0.05, 0.1) is 14.2 Å². The van der Waals surface area contributed by atoms with E-state index in [1.807, 2.05) is 0 Å². The molecule has 0 saturated carbocycles. The molecule has 6 heteroatoms. The molecule has 1 unspecified atom stereocenters. The van der Waals surface area contributed by atoms with Gasteiger partial charge in [0.1, 0.15) is 5.82 Å². The number of methoxy groups -OCH3 is 2. The fraction of sp³-hybridized carbons (Fsp3) is 0.235. The number of anilines is 1. The van der Waals surface area contributed by atoms with Crippen LogP contribution in [0.4, 0.5) is 10.1 Å². The first-order chi connectivity index (χ1) is 11.0. The van der Waals surface area contributed by atoms with Crippen LogP contribution in [0.15, 0.2) is 34.8 Å². The quantitative estimate of drug-likeness (QED) is 0.873. The zero-order valence-corrected chi connectivity index (χ0v) is 14.2. The summed E-state index contributed by atoms with van der Waals surface area (Å²) in [6.45, 7) is 0. The van der Waals surface area contributed by atoms with Gasteiger partial charge in [0, 0.05) is 28.6 Å². The van der Waals surface area contributed by atoms with Crippen molar-refractivity contribution in [2.45, 2.75) is 12.3 Å². The molecule has 1 heterocycles. The van der Waals surface area contributed by atoms with Crippen molar-refractivity contribution in [1.29, 1.82) is 0 Å². The Labute approximate surface area is 141 Å². The van der Waals surface area contributed by atoms with Crippen LogP contribution in [-0.4, -0.2) is 20.1 Å². The summed E-state index contributed by atoms with van der Waals surface area (Å²) in [5.41, 5.74) is 1.89. The van der Waals surface area contributed by atoms with Gasteiger partial charge in [-0.25, -0.2) is 4.39 Å². The number of hydrogen-bond acceptors (Lipinski definition) is 3. The van der Waals surface area contributed by atoms with Gasteiger partial charge in [-0.1, -0.05) is 15.9 Å². The molecule has 0 saturated heterocycles. The molecule has 0 radical (unpaired) electrons. The summed E-state index contributed by atoms with van der Waals surface area (Å²) < 4.78 is 25.7. The highest BCUT2D eigenvalue weighted by atomic mass is 79.9. The lowest BCUT2D eigenvalue weighted by Crippen LogP contribution is -2.24. The summed E-state index contributed by atoms with van der Waals surface area (Å²) in [5, 5.41) is 2.81. The molecule has 0 bridgehead atoms. The minimum Gasteiger partial charge on any atom is -0.493 e. The van der Waals surface area contributed by atoms with Gasteiger partial charge in [0.15, 0.2) is 11.5 Å². The van der Waals surface area contributed by atoms with Crippen LogP contribution in [0.3, 0.4) is 0 Å². The normalized spacial score (nSPS) is 16.5. The summed E-state index contributed by atoms with van der Waals surface area (Å²) >= 11 is 3.36. The SMILES string of the molecule is COc1cc2c(cc1OC)C(c1cc(Br)ccc1F)CC(=O)N2. The van der Waals surface area contributed by atoms with Gasteiger partial charge in [-0.3, -0.25) is 4.79 Å². The molecule has 120 valence electrons. The van der Waals surface area contributed by atoms with Gasteiger partial charge in [-0.05, 0) is 35.4 Å². The molecule has 1 atom stereocenters. The van der Waals surface area contributed by atoms with E-state index < -0.39 is 0 Å². The van der Waals surface area contributed by atoms with Crippen LogP contribution in [0.2, 0.25) is 0 Å². The van der Waals surface area contributed by atoms with Crippen LogP contribution in [0.25, 0.3) is 0 Å². The number of carbonyl (C=O) groups excluding carboxylic acids is 1. The minimum absolute atomic E-state index is 0.158. The maximum absolute atomic E-state index is 14.3. The zero-order chi connectivity index (χ0) is 16.6. The average molecular weight is 380 g/mol. The maximum Gasteiger partial charge on any atom is 0.225 e. The van der Waals surface area contributed by atoms with Crippen molar-refractivity contribution in [3.05, 3.63) is 51.7 Å². The second-order valence-electron chi connectivity index (χ2n) is 5.27. The Morgan fingerprint density at radius 3 is 2.52 bits per heavy atom. The molecule has 4 nitrogen and oxygen atoms in total. The minimum atomic E-state index is -0.379. The molecular formula is C17H15BrFNO3. The number of hydrogen-bond donors (Lipinski definition) is 1. The van der Waals surface area contributed by atoms with Crippen LogP contribution >= 0.6 is 15.9 Å². The average Bonchev–Trinajstić information content (AvgIpc) is 2.55. The molecule has 0 aromatic heterocycles. The first-order valence-corrected chi connectivity index (χ1v) is 7.83. The van der Waals surface area contributed by atoms with Crippen LogP contribution < -0.4 is 14.8 Å². The van der Waals surface area contributed by atoms with Crippen molar-refractivity contribution >= 4 is 27.5 Å². The van der Waals surface area contributed by atoms with Gasteiger partial charge in [-0.15, -0.1) is 0 Å². The second kappa shape index (κ2) is 6.20. The molecule has 23 heavy (non-hydrogen) atoms. The highest BCUT2D eigenvalue weighted by molar-refractivity contribution is 9.10. The fourth-order valence-electron chi connectivity index (χ4n) is 2.85. The zero-order valence-electron chi connectivity index (χ0n) is 12.7. The van der Waals surface area contributed by atoms with E-state index in [9.17, 15) is 9.18 Å². The van der Waals surface area contributed by atoms with Gasteiger partial charge in [0.25, 0.3) is 0 Å². The lowest BCUT2D eigenvalue weighted by atomic mass is 9.84. The third-order valence-electron chi connectivity index (χ3n) is 3.93. The molecule has 3 rings (SSSR count). The topological polar surface area (TPSA) is 47.6 Å². The lowest BCUT2D eigenvalue weighted by Gasteiger charge is -2.27. The summed E-state index contributed by atoms with van der Waals surface area (Å²) in [6.07, 6.45) is 0.176. The highest BCUT2D eigenvalue weighted by Crippen LogP contribution is 2.43. The summed E-state index contributed by atoms with van der Waals surface area (Å²) in [5.74, 6) is 0.184. The molecule has 1 amide bonds. The number of carbonyl (C=O) groups is 1. The molecule has 0 aliphatic carbocycles. The summed E-state index contributed by atoms with van der Waals surface area (Å²) in [4.78, 5) is 12.0. The summed E-state index contributed by atoms with van der Waals surface area (Å²) in [6, 6.07) is 8.23. The number of ether oxygens (including phenoxy) is 2. The largest absolute Gasteiger partial charge is 0.493 e. The lowest BCUT2D eigenvalue weighted by molar-refractivity contribution is -0.116. The van der Waals surface area contributed by atoms with E-state index in [-0.39, 0.29) is 24.1 Å². The molecule has 2 aromatic rings. The number of amides is 1. The Hall–Kier alpha value is -2.08. The van der Waals surface area contributed by atoms with E-state index in [1.54, 1.807) is 31.4 Å². The van der Waals surface area contributed by atoms with Crippen molar-refractivity contribution in [3.63, 3.8) is 0 Å². The van der Waals surface area contributed by atoms with E-state index in [0.29, 0.717) is 22.7 Å². The van der Waals surface area contributed by atoms with Crippen LogP contribution in [0, 0.1) is 5.82 Å². The van der Waals surface area contributed by atoms with E-state index in [2.05, 4.69) is 21.2 Å². The molecule has 2 aromatic carbocycles. The van der Waals surface area contributed by atoms with Crippen LogP contribution in [-0.2, 0) is 4.79 Å². The van der Waals surface area contributed by atoms with E-state index in [1.165, 1.54) is 13.2 Å². The number of fused-ring (bicyclic) bond motifs is 1. The predicted molar refractivity (Wildman–Crippen MR) is 88.7 cm³/mol. The number of halogens is 2. The van der Waals surface area contributed by atoms with E-state index in [4.69, 9.17) is 9.47 Å². The van der Waals surface area contributed by atoms with Gasteiger partial charge in [0.2, 0.25) is 5.91 Å². The molecular weight excluding hydrogens is 365 g/mol. The van der Waals surface area contributed by atoms with Gasteiger partial charge < -0.3 is 14.8 Å². The first-order valence-electron chi connectivity index (χ1n) is 7.04. The number of rotatable bonds is 3. The Balaban J connectivity index is 2.18. The Morgan fingerprint density at radius 1 is 1.13 bits per heavy atom. The Bertz CT molecular complexity index is 779. The van der Waals surface area contributed by atoms with Crippen molar-refractivity contribution in [2.24, 2.45) is 0 Å². The molecule has 0 fully saturated rings. The third kappa shape index (κ3) is 2.91. The van der Waals surface area contributed by atoms with E-state index in [0.717, 1.165) is 10.0 Å². The van der Waals surface area contributed by atoms with Crippen molar-refractivity contribution in [2.75, 3.05) is 19.5 Å². The number of benzene rings is 2. The monoisotopic (exact) mass is 379 g/mol. The van der Waals surface area contributed by atoms with E-state index >= 15 is 0 Å². The molecule has 0 spiro atoms. The van der Waals surface area contributed by atoms with Gasteiger partial charge in [-0.2, -0.15) is 0 Å². The Morgan fingerprint density at radius 2 is 1.83 bits per heavy atom. The van der Waals surface area contributed by atoms with Crippen molar-refractivity contribution in [1.82, 2.24) is 0 Å².